The Hall–Kier alpha value is -2.03. The van der Waals surface area contributed by atoms with Gasteiger partial charge < -0.3 is 0 Å². The van der Waals surface area contributed by atoms with Crippen molar-refractivity contribution in [1.29, 1.82) is 0 Å². The molecule has 0 fully saturated rings. The summed E-state index contributed by atoms with van der Waals surface area (Å²) in [6.45, 7) is 2.25. The first kappa shape index (κ1) is 10.5. The smallest absolute Gasteiger partial charge is 0.286 e. The van der Waals surface area contributed by atoms with E-state index in [-0.39, 0.29) is 5.78 Å². The predicted octanol–water partition coefficient (Wildman–Crippen LogP) is 1.56. The number of carbonyl (C=O) groups excluding carboxylic acids is 1. The van der Waals surface area contributed by atoms with Crippen LogP contribution in [0.3, 0.4) is 0 Å². The molecule has 0 aliphatic heterocycles. The quantitative estimate of drug-likeness (QED) is 0.572. The molecule has 0 saturated carbocycles. The van der Waals surface area contributed by atoms with Crippen molar-refractivity contribution in [3.05, 3.63) is 60.2 Å². The monoisotopic (exact) mass is 213 g/mol. The molecule has 80 valence electrons. The fourth-order valence-electron chi connectivity index (χ4n) is 1.43. The van der Waals surface area contributed by atoms with Crippen LogP contribution in [-0.2, 0) is 6.54 Å². The molecule has 1 aromatic heterocycles. The molecule has 0 amide bonds. The average Bonchev–Trinajstić information content (AvgIpc) is 2.33. The second kappa shape index (κ2) is 4.66. The van der Waals surface area contributed by atoms with Crippen molar-refractivity contribution in [2.24, 2.45) is 0 Å². The minimum atomic E-state index is 0.0938. The number of nitrogens with zero attached hydrogens (tertiary/aromatic N) is 2. The number of hydrogen-bond donors (Lipinski definition) is 0. The maximum atomic E-state index is 11.9. The molecule has 2 rings (SSSR count). The van der Waals surface area contributed by atoms with Crippen LogP contribution >= 0.6 is 0 Å². The zero-order valence-electron chi connectivity index (χ0n) is 9.13. The Morgan fingerprint density at radius 1 is 1.25 bits per heavy atom. The fraction of sp³-hybridized carbons (Fsp3) is 0.154. The van der Waals surface area contributed by atoms with E-state index in [1.807, 2.05) is 49.5 Å². The van der Waals surface area contributed by atoms with Crippen LogP contribution in [-0.4, -0.2) is 10.8 Å². The van der Waals surface area contributed by atoms with E-state index in [1.54, 1.807) is 10.9 Å². The van der Waals surface area contributed by atoms with Crippen molar-refractivity contribution in [1.82, 2.24) is 4.98 Å². The van der Waals surface area contributed by atoms with Gasteiger partial charge in [0.15, 0.2) is 12.2 Å². The predicted molar refractivity (Wildman–Crippen MR) is 59.9 cm³/mol. The van der Waals surface area contributed by atoms with Crippen LogP contribution in [0.1, 0.15) is 16.1 Å². The minimum absolute atomic E-state index is 0.0938. The van der Waals surface area contributed by atoms with Crippen molar-refractivity contribution in [2.45, 2.75) is 13.5 Å². The topological polar surface area (TPSA) is 33.8 Å². The molecule has 16 heavy (non-hydrogen) atoms. The first-order valence-corrected chi connectivity index (χ1v) is 5.15. The molecule has 3 nitrogen and oxygen atoms in total. The van der Waals surface area contributed by atoms with Gasteiger partial charge in [0.05, 0.1) is 6.20 Å². The molecule has 0 radical (unpaired) electrons. The summed E-state index contributed by atoms with van der Waals surface area (Å²) in [6.07, 6.45) is 3.54. The van der Waals surface area contributed by atoms with Crippen molar-refractivity contribution in [2.75, 3.05) is 0 Å². The molecule has 1 aromatic carbocycles. The Bertz CT molecular complexity index is 477. The van der Waals surface area contributed by atoms with Crippen molar-refractivity contribution in [3.63, 3.8) is 0 Å². The lowest BCUT2D eigenvalue weighted by molar-refractivity contribution is -0.686. The summed E-state index contributed by atoms with van der Waals surface area (Å²) in [7, 11) is 0. The number of rotatable bonds is 3. The van der Waals surface area contributed by atoms with E-state index in [1.165, 1.54) is 0 Å². The molecule has 3 heteroatoms. The lowest BCUT2D eigenvalue weighted by Gasteiger charge is -1.99. The van der Waals surface area contributed by atoms with Gasteiger partial charge >= 0.3 is 0 Å². The Balaban J connectivity index is 2.11. The highest BCUT2D eigenvalue weighted by Crippen LogP contribution is 1.99. The number of benzene rings is 1. The minimum Gasteiger partial charge on any atom is -0.290 e. The first-order chi connectivity index (χ1) is 7.75. The number of aromatic nitrogens is 2. The van der Waals surface area contributed by atoms with Crippen molar-refractivity contribution in [3.8, 4) is 0 Å². The maximum absolute atomic E-state index is 11.9. The highest BCUT2D eigenvalue weighted by Gasteiger charge is 2.09. The van der Waals surface area contributed by atoms with Crippen LogP contribution in [0.25, 0.3) is 0 Å². The van der Waals surface area contributed by atoms with Crippen LogP contribution in [0.2, 0.25) is 0 Å². The SMILES string of the molecule is Cc1cc[n+](CC(=O)c2ccccc2)cn1. The number of aryl methyl sites for hydroxylation is 1. The van der Waals surface area contributed by atoms with Crippen LogP contribution in [0, 0.1) is 6.92 Å². The summed E-state index contributed by atoms with van der Waals surface area (Å²) in [5.41, 5.74) is 1.68. The molecule has 0 unspecified atom stereocenters. The van der Waals surface area contributed by atoms with E-state index in [0.29, 0.717) is 6.54 Å². The molecule has 0 spiro atoms. The Kier molecular flexibility index (Phi) is 3.05. The third-order valence-electron chi connectivity index (χ3n) is 2.34. The van der Waals surface area contributed by atoms with E-state index in [9.17, 15) is 4.79 Å². The lowest BCUT2D eigenvalue weighted by Crippen LogP contribution is -2.37. The zero-order valence-corrected chi connectivity index (χ0v) is 9.13. The summed E-state index contributed by atoms with van der Waals surface area (Å²) >= 11 is 0. The summed E-state index contributed by atoms with van der Waals surface area (Å²) in [4.78, 5) is 16.0. The van der Waals surface area contributed by atoms with Gasteiger partial charge in [0.2, 0.25) is 5.78 Å². The molecular formula is C13H13N2O+. The Labute approximate surface area is 94.4 Å². The Morgan fingerprint density at radius 2 is 2.00 bits per heavy atom. The van der Waals surface area contributed by atoms with E-state index >= 15 is 0 Å². The van der Waals surface area contributed by atoms with Crippen LogP contribution < -0.4 is 4.57 Å². The second-order valence-electron chi connectivity index (χ2n) is 3.66. The van der Waals surface area contributed by atoms with Crippen LogP contribution in [0.15, 0.2) is 48.9 Å². The highest BCUT2D eigenvalue weighted by atomic mass is 16.1. The second-order valence-corrected chi connectivity index (χ2v) is 3.66. The third-order valence-corrected chi connectivity index (χ3v) is 2.34. The summed E-state index contributed by atoms with van der Waals surface area (Å²) in [5, 5.41) is 0. The van der Waals surface area contributed by atoms with Gasteiger partial charge in [-0.3, -0.25) is 4.79 Å². The average molecular weight is 213 g/mol. The highest BCUT2D eigenvalue weighted by molar-refractivity contribution is 5.94. The van der Waals surface area contributed by atoms with Crippen LogP contribution in [0.5, 0.6) is 0 Å². The van der Waals surface area contributed by atoms with Gasteiger partial charge in [-0.15, -0.1) is 0 Å². The molecule has 0 atom stereocenters. The molecule has 1 heterocycles. The fourth-order valence-corrected chi connectivity index (χ4v) is 1.43. The summed E-state index contributed by atoms with van der Waals surface area (Å²) < 4.78 is 1.78. The molecular weight excluding hydrogens is 200 g/mol. The standard InChI is InChI=1S/C13H13N2O/c1-11-7-8-15(10-14-11)9-13(16)12-5-3-2-4-6-12/h2-8,10H,9H2,1H3/q+1. The normalized spacial score (nSPS) is 10.1. The van der Waals surface area contributed by atoms with Gasteiger partial charge in [0.25, 0.3) is 6.33 Å². The van der Waals surface area contributed by atoms with E-state index in [0.717, 1.165) is 11.3 Å². The molecule has 0 N–H and O–H groups in total. The van der Waals surface area contributed by atoms with Gasteiger partial charge in [-0.05, 0) is 0 Å². The molecule has 0 bridgehead atoms. The molecule has 0 saturated heterocycles. The third kappa shape index (κ3) is 2.51. The largest absolute Gasteiger partial charge is 0.290 e. The number of carbonyl (C=O) groups is 1. The van der Waals surface area contributed by atoms with E-state index in [2.05, 4.69) is 4.98 Å². The molecule has 2 aromatic rings. The van der Waals surface area contributed by atoms with Gasteiger partial charge in [0.1, 0.15) is 0 Å². The first-order valence-electron chi connectivity index (χ1n) is 5.15. The maximum Gasteiger partial charge on any atom is 0.286 e. The summed E-state index contributed by atoms with van der Waals surface area (Å²) in [5.74, 6) is 0.0938. The number of ketones is 1. The molecule has 0 aliphatic carbocycles. The van der Waals surface area contributed by atoms with Gasteiger partial charge in [0, 0.05) is 18.6 Å². The lowest BCUT2D eigenvalue weighted by atomic mass is 10.1. The van der Waals surface area contributed by atoms with Gasteiger partial charge in [-0.1, -0.05) is 35.3 Å². The van der Waals surface area contributed by atoms with E-state index in [4.69, 9.17) is 0 Å². The van der Waals surface area contributed by atoms with Crippen LogP contribution in [0.4, 0.5) is 0 Å². The van der Waals surface area contributed by atoms with Gasteiger partial charge in [-0.2, -0.15) is 0 Å². The molecule has 0 aliphatic rings. The number of Topliss-reactive ketones (excluding diaryl/α,β-unsaturated/α-hetero) is 1. The Morgan fingerprint density at radius 3 is 2.62 bits per heavy atom. The summed E-state index contributed by atoms with van der Waals surface area (Å²) in [6, 6.07) is 11.2. The van der Waals surface area contributed by atoms with Crippen molar-refractivity contribution >= 4 is 5.78 Å². The van der Waals surface area contributed by atoms with Gasteiger partial charge in [-0.25, -0.2) is 4.57 Å². The van der Waals surface area contributed by atoms with Crippen molar-refractivity contribution < 1.29 is 9.36 Å². The zero-order chi connectivity index (χ0) is 11.4. The van der Waals surface area contributed by atoms with E-state index < -0.39 is 0 Å². The number of hydrogen-bond acceptors (Lipinski definition) is 2.